The molecule has 3 aromatic carbocycles. The molecule has 1 N–H and O–H groups in total. The first-order valence-electron chi connectivity index (χ1n) is 9.41. The second-order valence-electron chi connectivity index (χ2n) is 7.31. The molecule has 0 radical (unpaired) electrons. The highest BCUT2D eigenvalue weighted by atomic mass is 35.5. The molecular weight excluding hydrogens is 398 g/mol. The predicted molar refractivity (Wildman–Crippen MR) is 114 cm³/mol. The van der Waals surface area contributed by atoms with E-state index in [2.05, 4.69) is 11.4 Å². The Bertz CT molecular complexity index is 1170. The van der Waals surface area contributed by atoms with Gasteiger partial charge >= 0.3 is 6.03 Å². The minimum atomic E-state index is -1.13. The maximum Gasteiger partial charge on any atom is 0.325 e. The zero-order valence-corrected chi connectivity index (χ0v) is 17.0. The van der Waals surface area contributed by atoms with Crippen LogP contribution >= 0.6 is 11.6 Å². The number of carbonyl (C=O) groups excluding carboxylic acids is 2. The van der Waals surface area contributed by atoms with E-state index in [1.807, 2.05) is 42.5 Å². The van der Waals surface area contributed by atoms with Gasteiger partial charge in [0.1, 0.15) is 5.54 Å². The zero-order chi connectivity index (χ0) is 21.3. The first kappa shape index (κ1) is 19.7. The molecule has 1 heterocycles. The molecule has 3 aromatic rings. The van der Waals surface area contributed by atoms with Gasteiger partial charge in [0.15, 0.2) is 0 Å². The third kappa shape index (κ3) is 3.42. The normalized spacial score (nSPS) is 18.2. The van der Waals surface area contributed by atoms with E-state index in [1.165, 1.54) is 4.90 Å². The molecule has 4 rings (SSSR count). The third-order valence-corrected chi connectivity index (χ3v) is 5.60. The number of halogens is 1. The molecule has 1 aliphatic rings. The molecule has 1 saturated heterocycles. The first-order chi connectivity index (χ1) is 14.4. The Balaban J connectivity index is 1.56. The van der Waals surface area contributed by atoms with Crippen LogP contribution in [0.5, 0.6) is 0 Å². The fourth-order valence-electron chi connectivity index (χ4n) is 3.62. The molecule has 0 bridgehead atoms. The topological polar surface area (TPSA) is 73.2 Å². The Morgan fingerprint density at radius 2 is 1.67 bits per heavy atom. The average Bonchev–Trinajstić information content (AvgIpc) is 2.98. The van der Waals surface area contributed by atoms with Gasteiger partial charge in [-0.05, 0) is 47.4 Å². The van der Waals surface area contributed by atoms with E-state index in [0.29, 0.717) is 16.1 Å². The molecule has 3 amide bonds. The molecule has 0 saturated carbocycles. The zero-order valence-electron chi connectivity index (χ0n) is 16.2. The van der Waals surface area contributed by atoms with Crippen LogP contribution in [0.3, 0.4) is 0 Å². The summed E-state index contributed by atoms with van der Waals surface area (Å²) < 4.78 is 0. The van der Waals surface area contributed by atoms with Crippen molar-refractivity contribution < 1.29 is 9.59 Å². The van der Waals surface area contributed by atoms with Crippen LogP contribution in [-0.2, 0) is 16.9 Å². The summed E-state index contributed by atoms with van der Waals surface area (Å²) in [5.74, 6) is -0.311. The Labute approximate surface area is 179 Å². The van der Waals surface area contributed by atoms with E-state index in [4.69, 9.17) is 11.6 Å². The number of hydrogen-bond acceptors (Lipinski definition) is 3. The van der Waals surface area contributed by atoms with Crippen LogP contribution in [0.25, 0.3) is 11.1 Å². The van der Waals surface area contributed by atoms with Crippen LogP contribution in [0.15, 0.2) is 72.8 Å². The molecular formula is C24H18ClN3O2. The van der Waals surface area contributed by atoms with E-state index in [0.717, 1.165) is 16.7 Å². The van der Waals surface area contributed by atoms with Crippen molar-refractivity contribution >= 4 is 23.5 Å². The summed E-state index contributed by atoms with van der Waals surface area (Å²) in [6.45, 7) is 1.85. The largest absolute Gasteiger partial charge is 0.325 e. The molecule has 0 aromatic heterocycles. The van der Waals surface area contributed by atoms with E-state index >= 15 is 0 Å². The summed E-state index contributed by atoms with van der Waals surface area (Å²) in [6.07, 6.45) is 0. The van der Waals surface area contributed by atoms with Crippen LogP contribution in [0.4, 0.5) is 4.79 Å². The van der Waals surface area contributed by atoms with Gasteiger partial charge in [0, 0.05) is 5.02 Å². The smallest absolute Gasteiger partial charge is 0.319 e. The number of imide groups is 1. The highest BCUT2D eigenvalue weighted by Crippen LogP contribution is 2.31. The number of nitrogens with zero attached hydrogens (tertiary/aromatic N) is 2. The van der Waals surface area contributed by atoms with Gasteiger partial charge in [0.2, 0.25) is 0 Å². The summed E-state index contributed by atoms with van der Waals surface area (Å²) in [5, 5.41) is 12.7. The SMILES string of the molecule is C[C@]1(c2ccc(Cl)cc2)NC(=O)N(Cc2ccc(-c3ccccc3C#N)cc2)C1=O. The highest BCUT2D eigenvalue weighted by molar-refractivity contribution is 6.30. The van der Waals surface area contributed by atoms with Crippen molar-refractivity contribution in [1.82, 2.24) is 10.2 Å². The number of carbonyl (C=O) groups is 2. The quantitative estimate of drug-likeness (QED) is 0.619. The second kappa shape index (κ2) is 7.66. The first-order valence-corrected chi connectivity index (χ1v) is 9.79. The van der Waals surface area contributed by atoms with Crippen molar-refractivity contribution in [3.05, 3.63) is 94.5 Å². The van der Waals surface area contributed by atoms with E-state index in [9.17, 15) is 14.9 Å². The Hall–Kier alpha value is -3.62. The number of hydrogen-bond donors (Lipinski definition) is 1. The van der Waals surface area contributed by atoms with Crippen molar-refractivity contribution in [1.29, 1.82) is 5.26 Å². The maximum absolute atomic E-state index is 13.1. The van der Waals surface area contributed by atoms with Gasteiger partial charge in [-0.15, -0.1) is 0 Å². The molecule has 1 aliphatic heterocycles. The van der Waals surface area contributed by atoms with Crippen LogP contribution in [0.2, 0.25) is 5.02 Å². The molecule has 148 valence electrons. The Morgan fingerprint density at radius 1 is 1.00 bits per heavy atom. The van der Waals surface area contributed by atoms with E-state index < -0.39 is 11.6 Å². The molecule has 6 heteroatoms. The lowest BCUT2D eigenvalue weighted by Crippen LogP contribution is -2.40. The van der Waals surface area contributed by atoms with Gasteiger partial charge in [-0.1, -0.05) is 66.2 Å². The van der Waals surface area contributed by atoms with Crippen molar-refractivity contribution in [2.24, 2.45) is 0 Å². The van der Waals surface area contributed by atoms with Gasteiger partial charge in [0.05, 0.1) is 18.2 Å². The molecule has 30 heavy (non-hydrogen) atoms. The Morgan fingerprint density at radius 3 is 2.33 bits per heavy atom. The lowest BCUT2D eigenvalue weighted by Gasteiger charge is -2.22. The van der Waals surface area contributed by atoms with Crippen LogP contribution in [0.1, 0.15) is 23.6 Å². The molecule has 0 spiro atoms. The fourth-order valence-corrected chi connectivity index (χ4v) is 3.75. The van der Waals surface area contributed by atoms with Crippen molar-refractivity contribution in [2.45, 2.75) is 19.0 Å². The fraction of sp³-hybridized carbons (Fsp3) is 0.125. The van der Waals surface area contributed by atoms with E-state index in [1.54, 1.807) is 37.3 Å². The third-order valence-electron chi connectivity index (χ3n) is 5.35. The van der Waals surface area contributed by atoms with Crippen LogP contribution in [-0.4, -0.2) is 16.8 Å². The van der Waals surface area contributed by atoms with Crippen molar-refractivity contribution in [3.63, 3.8) is 0 Å². The standard InChI is InChI=1S/C24H18ClN3O2/c1-24(19-10-12-20(25)13-11-19)22(29)28(23(30)27-24)15-16-6-8-17(9-7-16)21-5-3-2-4-18(21)14-26/h2-13H,15H2,1H3,(H,27,30)/t24-/m1/s1. The molecule has 0 unspecified atom stereocenters. The van der Waals surface area contributed by atoms with Gasteiger partial charge in [0.25, 0.3) is 5.91 Å². The van der Waals surface area contributed by atoms with Gasteiger partial charge in [-0.3, -0.25) is 9.69 Å². The number of amides is 3. The molecule has 1 atom stereocenters. The number of nitriles is 1. The monoisotopic (exact) mass is 415 g/mol. The maximum atomic E-state index is 13.1. The molecule has 0 aliphatic carbocycles. The van der Waals surface area contributed by atoms with Gasteiger partial charge in [-0.25, -0.2) is 4.79 Å². The summed E-state index contributed by atoms with van der Waals surface area (Å²) in [6, 6.07) is 23.5. The summed E-state index contributed by atoms with van der Waals surface area (Å²) in [4.78, 5) is 26.8. The van der Waals surface area contributed by atoms with Gasteiger partial charge in [-0.2, -0.15) is 5.26 Å². The lowest BCUT2D eigenvalue weighted by molar-refractivity contribution is -0.131. The average molecular weight is 416 g/mol. The predicted octanol–water partition coefficient (Wildman–Crippen LogP) is 4.85. The van der Waals surface area contributed by atoms with Crippen molar-refractivity contribution in [2.75, 3.05) is 0 Å². The molecule has 1 fully saturated rings. The highest BCUT2D eigenvalue weighted by Gasteiger charge is 2.48. The number of benzene rings is 3. The second-order valence-corrected chi connectivity index (χ2v) is 7.74. The summed E-state index contributed by atoms with van der Waals surface area (Å²) in [7, 11) is 0. The number of rotatable bonds is 4. The summed E-state index contributed by atoms with van der Waals surface area (Å²) >= 11 is 5.94. The van der Waals surface area contributed by atoms with Crippen molar-refractivity contribution in [3.8, 4) is 17.2 Å². The van der Waals surface area contributed by atoms with E-state index in [-0.39, 0.29) is 12.5 Å². The lowest BCUT2D eigenvalue weighted by atomic mass is 9.92. The minimum Gasteiger partial charge on any atom is -0.319 e. The molecule has 5 nitrogen and oxygen atoms in total. The Kier molecular flexibility index (Phi) is 5.03. The van der Waals surface area contributed by atoms with Crippen LogP contribution in [0, 0.1) is 11.3 Å². The number of urea groups is 1. The number of nitrogens with one attached hydrogen (secondary N) is 1. The van der Waals surface area contributed by atoms with Gasteiger partial charge < -0.3 is 5.32 Å². The minimum absolute atomic E-state index is 0.161. The van der Waals surface area contributed by atoms with Crippen LogP contribution < -0.4 is 5.32 Å². The summed E-state index contributed by atoms with van der Waals surface area (Å²) in [5.41, 5.74) is 2.70.